The lowest BCUT2D eigenvalue weighted by Gasteiger charge is -2.28. The second-order valence-corrected chi connectivity index (χ2v) is 4.66. The first-order valence-corrected chi connectivity index (χ1v) is 6.06. The number of carboxylic acid groups (broad SMARTS) is 1. The number of rotatable bonds is 4. The third-order valence-corrected chi connectivity index (χ3v) is 3.15. The van der Waals surface area contributed by atoms with Gasteiger partial charge in [0, 0.05) is 5.56 Å². The fraction of sp³-hybridized carbons (Fsp3) is 0.133. The van der Waals surface area contributed by atoms with Crippen LogP contribution in [0.4, 0.5) is 18.9 Å². The summed E-state index contributed by atoms with van der Waals surface area (Å²) in [5, 5.41) is 11.8. The fourth-order valence-electron chi connectivity index (χ4n) is 1.95. The molecule has 0 aliphatic carbocycles. The topological polar surface area (TPSA) is 49.3 Å². The molecule has 3 nitrogen and oxygen atoms in total. The molecule has 6 heteroatoms. The van der Waals surface area contributed by atoms with Crippen molar-refractivity contribution < 1.29 is 23.1 Å². The van der Waals surface area contributed by atoms with Crippen LogP contribution < -0.4 is 5.32 Å². The number of para-hydroxylation sites is 1. The summed E-state index contributed by atoms with van der Waals surface area (Å²) in [6.07, 6.45) is 0. The molecule has 0 aliphatic rings. The van der Waals surface area contributed by atoms with E-state index in [0.717, 1.165) is 31.2 Å². The van der Waals surface area contributed by atoms with E-state index < -0.39 is 34.5 Å². The molecule has 2 N–H and O–H groups in total. The Morgan fingerprint density at radius 3 is 2.38 bits per heavy atom. The Balaban J connectivity index is 2.53. The second kappa shape index (κ2) is 5.47. The van der Waals surface area contributed by atoms with E-state index in [9.17, 15) is 23.1 Å². The van der Waals surface area contributed by atoms with Crippen LogP contribution in [0, 0.1) is 17.5 Å². The van der Waals surface area contributed by atoms with E-state index in [0.29, 0.717) is 0 Å². The Hall–Kier alpha value is -2.50. The van der Waals surface area contributed by atoms with Crippen LogP contribution in [0.2, 0.25) is 0 Å². The highest BCUT2D eigenvalue weighted by molar-refractivity contribution is 5.84. The lowest BCUT2D eigenvalue weighted by Crippen LogP contribution is -2.41. The van der Waals surface area contributed by atoms with Gasteiger partial charge in [-0.05, 0) is 37.3 Å². The van der Waals surface area contributed by atoms with Crippen LogP contribution in [0.3, 0.4) is 0 Å². The van der Waals surface area contributed by atoms with Crippen LogP contribution in [0.1, 0.15) is 12.5 Å². The summed E-state index contributed by atoms with van der Waals surface area (Å²) in [7, 11) is 0. The van der Waals surface area contributed by atoms with Gasteiger partial charge in [-0.1, -0.05) is 12.1 Å². The van der Waals surface area contributed by atoms with Crippen LogP contribution in [0.25, 0.3) is 0 Å². The zero-order chi connectivity index (χ0) is 15.6. The number of aliphatic carboxylic acids is 1. The van der Waals surface area contributed by atoms with Crippen LogP contribution in [-0.2, 0) is 10.3 Å². The van der Waals surface area contributed by atoms with Gasteiger partial charge in [0.2, 0.25) is 0 Å². The molecule has 0 spiro atoms. The number of anilines is 1. The van der Waals surface area contributed by atoms with Crippen molar-refractivity contribution in [2.24, 2.45) is 0 Å². The highest BCUT2D eigenvalue weighted by atomic mass is 19.1. The van der Waals surface area contributed by atoms with E-state index >= 15 is 0 Å². The maximum absolute atomic E-state index is 13.9. The first-order valence-electron chi connectivity index (χ1n) is 6.06. The summed E-state index contributed by atoms with van der Waals surface area (Å²) in [6.45, 7) is 1.14. The van der Waals surface area contributed by atoms with Crippen molar-refractivity contribution in [3.8, 4) is 0 Å². The van der Waals surface area contributed by atoms with E-state index in [1.165, 1.54) is 18.2 Å². The molecule has 2 aromatic rings. The number of hydrogen-bond acceptors (Lipinski definition) is 2. The van der Waals surface area contributed by atoms with Crippen molar-refractivity contribution in [3.63, 3.8) is 0 Å². The van der Waals surface area contributed by atoms with Crippen molar-refractivity contribution in [1.29, 1.82) is 0 Å². The van der Waals surface area contributed by atoms with Gasteiger partial charge in [-0.15, -0.1) is 0 Å². The van der Waals surface area contributed by atoms with E-state index in [2.05, 4.69) is 5.32 Å². The van der Waals surface area contributed by atoms with Crippen LogP contribution in [0.5, 0.6) is 0 Å². The Morgan fingerprint density at radius 1 is 1.10 bits per heavy atom. The zero-order valence-corrected chi connectivity index (χ0v) is 11.0. The highest BCUT2D eigenvalue weighted by Crippen LogP contribution is 2.30. The van der Waals surface area contributed by atoms with Crippen LogP contribution >= 0.6 is 0 Å². The van der Waals surface area contributed by atoms with Crippen molar-refractivity contribution in [2.45, 2.75) is 12.5 Å². The van der Waals surface area contributed by atoms with E-state index in [4.69, 9.17) is 0 Å². The van der Waals surface area contributed by atoms with E-state index in [-0.39, 0.29) is 5.69 Å². The number of halogens is 3. The van der Waals surface area contributed by atoms with Crippen LogP contribution in [0.15, 0.2) is 42.5 Å². The third-order valence-electron chi connectivity index (χ3n) is 3.15. The molecule has 21 heavy (non-hydrogen) atoms. The number of hydrogen-bond donors (Lipinski definition) is 2. The molecule has 0 aliphatic heterocycles. The minimum absolute atomic E-state index is 0.119. The quantitative estimate of drug-likeness (QED) is 0.907. The molecule has 0 amide bonds. The van der Waals surface area contributed by atoms with Gasteiger partial charge < -0.3 is 10.4 Å². The predicted molar refractivity (Wildman–Crippen MR) is 71.4 cm³/mol. The summed E-state index contributed by atoms with van der Waals surface area (Å²) >= 11 is 0. The van der Waals surface area contributed by atoms with Crippen LogP contribution in [-0.4, -0.2) is 11.1 Å². The first-order chi connectivity index (χ1) is 9.84. The van der Waals surface area contributed by atoms with Gasteiger partial charge in [0.15, 0.2) is 5.54 Å². The highest BCUT2D eigenvalue weighted by Gasteiger charge is 2.38. The molecule has 0 fully saturated rings. The fourth-order valence-corrected chi connectivity index (χ4v) is 1.95. The Kier molecular flexibility index (Phi) is 3.88. The largest absolute Gasteiger partial charge is 0.479 e. The van der Waals surface area contributed by atoms with Crippen molar-refractivity contribution in [2.75, 3.05) is 5.32 Å². The third kappa shape index (κ3) is 2.84. The second-order valence-electron chi connectivity index (χ2n) is 4.66. The average Bonchev–Trinajstić information content (AvgIpc) is 2.43. The normalized spacial score (nSPS) is 13.5. The lowest BCUT2D eigenvalue weighted by molar-refractivity contribution is -0.142. The molecule has 0 saturated carbocycles. The number of nitrogens with one attached hydrogen (secondary N) is 1. The molecule has 2 aromatic carbocycles. The number of carboxylic acids is 1. The monoisotopic (exact) mass is 295 g/mol. The molecule has 110 valence electrons. The zero-order valence-electron chi connectivity index (χ0n) is 11.0. The van der Waals surface area contributed by atoms with E-state index in [1.54, 1.807) is 0 Å². The lowest BCUT2D eigenvalue weighted by atomic mass is 9.91. The maximum Gasteiger partial charge on any atom is 0.333 e. The summed E-state index contributed by atoms with van der Waals surface area (Å²) < 4.78 is 40.8. The van der Waals surface area contributed by atoms with Gasteiger partial charge in [-0.3, -0.25) is 0 Å². The van der Waals surface area contributed by atoms with Gasteiger partial charge in [0.25, 0.3) is 0 Å². The molecule has 0 heterocycles. The SMILES string of the molecule is CC(Nc1ccccc1F)(C(=O)O)c1cc(F)ccc1F. The molecule has 0 radical (unpaired) electrons. The molecular formula is C15H12F3NO2. The molecule has 1 unspecified atom stereocenters. The van der Waals surface area contributed by atoms with E-state index in [1.807, 2.05) is 0 Å². The summed E-state index contributed by atoms with van der Waals surface area (Å²) in [4.78, 5) is 11.5. The molecule has 0 bridgehead atoms. The van der Waals surface area contributed by atoms with Crippen molar-refractivity contribution >= 4 is 11.7 Å². The molecule has 0 saturated heterocycles. The van der Waals surface area contributed by atoms with Gasteiger partial charge in [0.1, 0.15) is 17.5 Å². The number of carbonyl (C=O) groups is 1. The maximum atomic E-state index is 13.9. The van der Waals surface area contributed by atoms with Gasteiger partial charge in [-0.25, -0.2) is 18.0 Å². The summed E-state index contributed by atoms with van der Waals surface area (Å²) in [5.41, 5.74) is -2.56. The Morgan fingerprint density at radius 2 is 1.76 bits per heavy atom. The molecule has 1 atom stereocenters. The Labute approximate surface area is 119 Å². The van der Waals surface area contributed by atoms with Crippen molar-refractivity contribution in [1.82, 2.24) is 0 Å². The van der Waals surface area contributed by atoms with Gasteiger partial charge >= 0.3 is 5.97 Å². The average molecular weight is 295 g/mol. The predicted octanol–water partition coefficient (Wildman–Crippen LogP) is 3.52. The first kappa shape index (κ1) is 14.9. The standard InChI is InChI=1S/C15H12F3NO2/c1-15(14(20)21,10-8-9(16)6-7-11(10)17)19-13-5-3-2-4-12(13)18/h2-8,19H,1H3,(H,20,21). The van der Waals surface area contributed by atoms with Gasteiger partial charge in [-0.2, -0.15) is 0 Å². The molecule has 0 aromatic heterocycles. The minimum Gasteiger partial charge on any atom is -0.479 e. The van der Waals surface area contributed by atoms with Gasteiger partial charge in [0.05, 0.1) is 5.69 Å². The number of benzene rings is 2. The molecule has 2 rings (SSSR count). The van der Waals surface area contributed by atoms with Crippen molar-refractivity contribution in [3.05, 3.63) is 65.5 Å². The minimum atomic E-state index is -2.02. The Bertz CT molecular complexity index is 690. The smallest absolute Gasteiger partial charge is 0.333 e. The molecular weight excluding hydrogens is 283 g/mol. The summed E-state index contributed by atoms with van der Waals surface area (Å²) in [6, 6.07) is 7.85. The summed E-state index contributed by atoms with van der Waals surface area (Å²) in [5.74, 6) is -3.84.